The number of hydrogen-bond acceptors (Lipinski definition) is 5. The van der Waals surface area contributed by atoms with Gasteiger partial charge in [-0.05, 0) is 69.0 Å². The number of hydrogen-bond donors (Lipinski definition) is 2. The Bertz CT molecular complexity index is 1090. The molecule has 2 aromatic rings. The van der Waals surface area contributed by atoms with Crippen LogP contribution in [0.2, 0.25) is 0 Å². The van der Waals surface area contributed by atoms with Crippen LogP contribution in [0.5, 0.6) is 5.75 Å². The van der Waals surface area contributed by atoms with E-state index in [1.165, 1.54) is 5.56 Å². The molecular formula is C28H35F2N3O4. The average Bonchev–Trinajstić information content (AvgIpc) is 3.58. The smallest absolute Gasteiger partial charge is 0.254 e. The molecule has 2 aliphatic rings. The molecule has 0 unspecified atom stereocenters. The third-order valence-corrected chi connectivity index (χ3v) is 7.31. The third-order valence-electron chi connectivity index (χ3n) is 7.31. The Labute approximate surface area is 216 Å². The zero-order valence-corrected chi connectivity index (χ0v) is 21.4. The lowest BCUT2D eigenvalue weighted by Gasteiger charge is -2.31. The molecule has 2 aromatic carbocycles. The largest absolute Gasteiger partial charge is 0.497 e. The first kappa shape index (κ1) is 27.0. The van der Waals surface area contributed by atoms with Crippen LogP contribution in [-0.2, 0) is 9.53 Å². The van der Waals surface area contributed by atoms with E-state index in [9.17, 15) is 18.4 Å². The van der Waals surface area contributed by atoms with Gasteiger partial charge in [-0.15, -0.1) is 0 Å². The number of nitrogens with zero attached hydrogens (tertiary/aromatic N) is 1. The summed E-state index contributed by atoms with van der Waals surface area (Å²) in [6.07, 6.45) is 2.99. The van der Waals surface area contributed by atoms with Crippen LogP contribution in [0.25, 0.3) is 0 Å². The topological polar surface area (TPSA) is 79.9 Å². The number of halogens is 2. The van der Waals surface area contributed by atoms with Crippen molar-refractivity contribution in [3.05, 3.63) is 65.2 Å². The highest BCUT2D eigenvalue weighted by atomic mass is 19.1. The summed E-state index contributed by atoms with van der Waals surface area (Å²) in [6, 6.07) is 10.2. The van der Waals surface area contributed by atoms with E-state index < -0.39 is 23.6 Å². The number of carbonyl (C=O) groups is 2. The van der Waals surface area contributed by atoms with E-state index in [2.05, 4.69) is 29.7 Å². The van der Waals surface area contributed by atoms with Crippen molar-refractivity contribution in [2.24, 2.45) is 0 Å². The molecule has 1 aliphatic carbocycles. The zero-order chi connectivity index (χ0) is 26.4. The zero-order valence-electron chi connectivity index (χ0n) is 21.4. The summed E-state index contributed by atoms with van der Waals surface area (Å²) in [5.74, 6) is -1.37. The summed E-state index contributed by atoms with van der Waals surface area (Å²) >= 11 is 0. The van der Waals surface area contributed by atoms with E-state index in [1.807, 2.05) is 12.1 Å². The summed E-state index contributed by atoms with van der Waals surface area (Å²) in [4.78, 5) is 27.6. The van der Waals surface area contributed by atoms with Crippen LogP contribution in [0.1, 0.15) is 54.4 Å². The van der Waals surface area contributed by atoms with E-state index in [0.717, 1.165) is 37.3 Å². The molecule has 1 saturated heterocycles. The van der Waals surface area contributed by atoms with Gasteiger partial charge in [0.25, 0.3) is 5.91 Å². The van der Waals surface area contributed by atoms with E-state index in [1.54, 1.807) is 12.0 Å². The second kappa shape index (κ2) is 12.0. The van der Waals surface area contributed by atoms with Gasteiger partial charge in [0.1, 0.15) is 23.4 Å². The Morgan fingerprint density at radius 1 is 1.14 bits per heavy atom. The number of benzene rings is 2. The van der Waals surface area contributed by atoms with Crippen molar-refractivity contribution >= 4 is 11.8 Å². The molecule has 0 spiro atoms. The van der Waals surface area contributed by atoms with E-state index in [0.29, 0.717) is 51.1 Å². The van der Waals surface area contributed by atoms with Crippen LogP contribution in [-0.4, -0.2) is 68.3 Å². The van der Waals surface area contributed by atoms with Gasteiger partial charge < -0.3 is 25.0 Å². The van der Waals surface area contributed by atoms with E-state index in [4.69, 9.17) is 9.47 Å². The Kier molecular flexibility index (Phi) is 8.76. The van der Waals surface area contributed by atoms with Gasteiger partial charge in [-0.2, -0.15) is 0 Å². The predicted molar refractivity (Wildman–Crippen MR) is 136 cm³/mol. The first-order valence-corrected chi connectivity index (χ1v) is 12.8. The first-order valence-electron chi connectivity index (χ1n) is 12.8. The standard InChI is InChI=1S/C28H35F2N3O4/c1-28(18-23(28)19-6-9-21(36-2)10-7-19)31-12-4-3-5-25(27(35)33-13-15-37-16-14-33)32-26(34)22-11-8-20(29)17-24(22)30/h6-11,17,23,25,31H,3-5,12-16,18H2,1-2H3,(H,32,34)/t23-,25-,28+/m0/s1. The maximum absolute atomic E-state index is 14.1. The molecule has 37 heavy (non-hydrogen) atoms. The first-order chi connectivity index (χ1) is 17.8. The van der Waals surface area contributed by atoms with E-state index in [-0.39, 0.29) is 17.0 Å². The Morgan fingerprint density at radius 2 is 1.86 bits per heavy atom. The van der Waals surface area contributed by atoms with Gasteiger partial charge in [0.05, 0.1) is 25.9 Å². The van der Waals surface area contributed by atoms with Gasteiger partial charge in [0, 0.05) is 30.6 Å². The predicted octanol–water partition coefficient (Wildman–Crippen LogP) is 3.64. The molecule has 7 nitrogen and oxygen atoms in total. The van der Waals surface area contributed by atoms with Gasteiger partial charge >= 0.3 is 0 Å². The van der Waals surface area contributed by atoms with Crippen molar-refractivity contribution in [1.29, 1.82) is 0 Å². The molecule has 9 heteroatoms. The molecular weight excluding hydrogens is 480 g/mol. The minimum Gasteiger partial charge on any atom is -0.497 e. The van der Waals surface area contributed by atoms with Crippen LogP contribution < -0.4 is 15.4 Å². The lowest BCUT2D eigenvalue weighted by Crippen LogP contribution is -2.51. The Balaban J connectivity index is 1.29. The maximum atomic E-state index is 14.1. The number of ether oxygens (including phenoxy) is 2. The Hall–Kier alpha value is -3.04. The summed E-state index contributed by atoms with van der Waals surface area (Å²) in [5, 5.41) is 6.32. The highest BCUT2D eigenvalue weighted by Crippen LogP contribution is 2.51. The molecule has 1 saturated carbocycles. The average molecular weight is 516 g/mol. The van der Waals surface area contributed by atoms with Crippen LogP contribution in [0.3, 0.4) is 0 Å². The van der Waals surface area contributed by atoms with Crippen molar-refractivity contribution in [2.45, 2.75) is 50.1 Å². The molecule has 4 rings (SSSR count). The molecule has 2 fully saturated rings. The summed E-state index contributed by atoms with van der Waals surface area (Å²) < 4.78 is 38.0. The fourth-order valence-corrected chi connectivity index (χ4v) is 4.90. The van der Waals surface area contributed by atoms with Gasteiger partial charge in [-0.1, -0.05) is 12.1 Å². The fourth-order valence-electron chi connectivity index (χ4n) is 4.90. The second-order valence-corrected chi connectivity index (χ2v) is 9.96. The molecule has 0 radical (unpaired) electrons. The third kappa shape index (κ3) is 6.84. The second-order valence-electron chi connectivity index (χ2n) is 9.96. The normalized spacial score (nSPS) is 21.8. The number of unbranched alkanes of at least 4 members (excludes halogenated alkanes) is 1. The van der Waals surface area contributed by atoms with Crippen molar-refractivity contribution in [3.63, 3.8) is 0 Å². The minimum atomic E-state index is -0.955. The van der Waals surface area contributed by atoms with Crippen molar-refractivity contribution in [1.82, 2.24) is 15.5 Å². The Morgan fingerprint density at radius 3 is 2.54 bits per heavy atom. The number of rotatable bonds is 11. The molecule has 1 aliphatic heterocycles. The number of methoxy groups -OCH3 is 1. The van der Waals surface area contributed by atoms with Gasteiger partial charge in [0.15, 0.2) is 0 Å². The minimum absolute atomic E-state index is 0.0337. The molecule has 2 amide bonds. The summed E-state index contributed by atoms with van der Waals surface area (Å²) in [7, 11) is 1.66. The van der Waals surface area contributed by atoms with E-state index >= 15 is 0 Å². The SMILES string of the molecule is COc1ccc([C@@H]2C[C@@]2(C)NCCCC[C@H](NC(=O)c2ccc(F)cc2F)C(=O)N2CCOCC2)cc1. The molecule has 0 bridgehead atoms. The molecule has 2 N–H and O–H groups in total. The number of carbonyl (C=O) groups excluding carboxylic acids is 2. The highest BCUT2D eigenvalue weighted by molar-refractivity contribution is 5.97. The quantitative estimate of drug-likeness (QED) is 0.447. The van der Waals surface area contributed by atoms with Crippen molar-refractivity contribution < 1.29 is 27.8 Å². The number of morpholine rings is 1. The van der Waals surface area contributed by atoms with Crippen LogP contribution in [0, 0.1) is 11.6 Å². The van der Waals surface area contributed by atoms with Crippen LogP contribution in [0.4, 0.5) is 8.78 Å². The summed E-state index contributed by atoms with van der Waals surface area (Å²) in [6.45, 7) is 4.77. The van der Waals surface area contributed by atoms with Gasteiger partial charge in [-0.3, -0.25) is 9.59 Å². The number of nitrogens with one attached hydrogen (secondary N) is 2. The van der Waals surface area contributed by atoms with Gasteiger partial charge in [0.2, 0.25) is 5.91 Å². The molecule has 200 valence electrons. The highest BCUT2D eigenvalue weighted by Gasteiger charge is 2.50. The number of amides is 2. The maximum Gasteiger partial charge on any atom is 0.254 e. The fraction of sp³-hybridized carbons (Fsp3) is 0.500. The van der Waals surface area contributed by atoms with Gasteiger partial charge in [-0.25, -0.2) is 8.78 Å². The van der Waals surface area contributed by atoms with Crippen LogP contribution >= 0.6 is 0 Å². The lowest BCUT2D eigenvalue weighted by molar-refractivity contribution is -0.137. The summed E-state index contributed by atoms with van der Waals surface area (Å²) in [5.41, 5.74) is 1.03. The van der Waals surface area contributed by atoms with Crippen molar-refractivity contribution in [2.75, 3.05) is 40.0 Å². The lowest BCUT2D eigenvalue weighted by atomic mass is 10.1. The van der Waals surface area contributed by atoms with Crippen LogP contribution in [0.15, 0.2) is 42.5 Å². The monoisotopic (exact) mass is 515 g/mol. The molecule has 0 aromatic heterocycles. The molecule has 1 heterocycles. The molecule has 3 atom stereocenters. The van der Waals surface area contributed by atoms with Crippen molar-refractivity contribution in [3.8, 4) is 5.75 Å².